The van der Waals surface area contributed by atoms with Crippen LogP contribution in [-0.4, -0.2) is 18.4 Å². The number of carbonyl (C=O) groups excluding carboxylic acids is 2. The van der Waals surface area contributed by atoms with Gasteiger partial charge < -0.3 is 10.1 Å². The Kier molecular flexibility index (Phi) is 6.08. The summed E-state index contributed by atoms with van der Waals surface area (Å²) in [6.45, 7) is 6.61. The predicted octanol–water partition coefficient (Wildman–Crippen LogP) is 5.49. The van der Waals surface area contributed by atoms with E-state index in [1.807, 2.05) is 81.4 Å². The molecule has 5 heteroatoms. The second-order valence-electron chi connectivity index (χ2n) is 7.85. The van der Waals surface area contributed by atoms with Crippen molar-refractivity contribution >= 4 is 28.8 Å². The van der Waals surface area contributed by atoms with Crippen molar-refractivity contribution in [3.8, 4) is 5.75 Å². The van der Waals surface area contributed by atoms with E-state index in [0.29, 0.717) is 29.3 Å². The number of rotatable bonds is 7. The Morgan fingerprint density at radius 2 is 1.66 bits per heavy atom. The van der Waals surface area contributed by atoms with Gasteiger partial charge in [0.2, 0.25) is 0 Å². The molecule has 1 N–H and O–H groups in total. The van der Waals surface area contributed by atoms with Gasteiger partial charge in [0.1, 0.15) is 11.4 Å². The zero-order valence-electron chi connectivity index (χ0n) is 18.5. The van der Waals surface area contributed by atoms with Gasteiger partial charge in [-0.1, -0.05) is 55.0 Å². The van der Waals surface area contributed by atoms with Gasteiger partial charge >= 0.3 is 0 Å². The summed E-state index contributed by atoms with van der Waals surface area (Å²) in [5, 5.41) is 3.22. The van der Waals surface area contributed by atoms with Gasteiger partial charge in [0.05, 0.1) is 17.9 Å². The number of anilines is 2. The highest BCUT2D eigenvalue weighted by atomic mass is 16.5. The minimum Gasteiger partial charge on any atom is -0.494 e. The molecule has 0 unspecified atom stereocenters. The van der Waals surface area contributed by atoms with Gasteiger partial charge in [-0.05, 0) is 55.7 Å². The summed E-state index contributed by atoms with van der Waals surface area (Å²) in [4.78, 5) is 28.3. The summed E-state index contributed by atoms with van der Waals surface area (Å²) in [6, 6.07) is 22.3. The Balaban J connectivity index is 1.79. The maximum absolute atomic E-state index is 13.5. The molecule has 162 valence electrons. The number of benzene rings is 3. The number of carbonyl (C=O) groups is 2. The summed E-state index contributed by atoms with van der Waals surface area (Å²) < 4.78 is 5.72. The number of hydrogen-bond acceptors (Lipinski definition) is 4. The molecule has 0 saturated carbocycles. The summed E-state index contributed by atoms with van der Waals surface area (Å²) in [5.41, 5.74) is 4.64. The Bertz CT molecular complexity index is 1200. The van der Waals surface area contributed by atoms with Crippen molar-refractivity contribution in [3.63, 3.8) is 0 Å². The first-order chi connectivity index (χ1) is 15.5. The van der Waals surface area contributed by atoms with Crippen molar-refractivity contribution in [2.75, 3.05) is 16.8 Å². The van der Waals surface area contributed by atoms with Crippen LogP contribution in [0, 0.1) is 13.8 Å². The SMILES string of the molecule is CCCOc1cccc(NC2=C(c3ccc(C)cc3C)C(=O)N(c3ccccc3)C2=O)c1. The third-order valence-electron chi connectivity index (χ3n) is 5.33. The molecule has 2 amide bonds. The molecule has 1 heterocycles. The van der Waals surface area contributed by atoms with Crippen molar-refractivity contribution in [1.29, 1.82) is 0 Å². The number of amides is 2. The van der Waals surface area contributed by atoms with Crippen LogP contribution in [0.4, 0.5) is 11.4 Å². The first kappa shape index (κ1) is 21.4. The predicted molar refractivity (Wildman–Crippen MR) is 128 cm³/mol. The largest absolute Gasteiger partial charge is 0.494 e. The molecule has 4 rings (SSSR count). The normalized spacial score (nSPS) is 13.7. The first-order valence-corrected chi connectivity index (χ1v) is 10.7. The molecule has 5 nitrogen and oxygen atoms in total. The van der Waals surface area contributed by atoms with Crippen molar-refractivity contribution < 1.29 is 14.3 Å². The summed E-state index contributed by atoms with van der Waals surface area (Å²) in [7, 11) is 0. The molecule has 0 fully saturated rings. The average molecular weight is 427 g/mol. The minimum atomic E-state index is -0.379. The van der Waals surface area contributed by atoms with Crippen LogP contribution in [0.1, 0.15) is 30.0 Å². The highest BCUT2D eigenvalue weighted by Gasteiger charge is 2.40. The standard InChI is InChI=1S/C27H26N2O3/c1-4-15-32-22-12-8-9-20(17-22)28-25-24(23-14-13-18(2)16-19(23)3)26(30)29(27(25)31)21-10-6-5-7-11-21/h5-14,16-17,28H,4,15H2,1-3H3. The fourth-order valence-electron chi connectivity index (χ4n) is 3.83. The molecule has 0 radical (unpaired) electrons. The quantitative estimate of drug-likeness (QED) is 0.508. The number of aryl methyl sites for hydroxylation is 2. The van der Waals surface area contributed by atoms with E-state index in [1.54, 1.807) is 12.1 Å². The molecule has 1 aliphatic rings. The number of nitrogens with one attached hydrogen (secondary N) is 1. The molecule has 3 aromatic rings. The van der Waals surface area contributed by atoms with E-state index >= 15 is 0 Å². The third kappa shape index (κ3) is 4.14. The maximum Gasteiger partial charge on any atom is 0.282 e. The second kappa shape index (κ2) is 9.10. The van der Waals surface area contributed by atoms with E-state index < -0.39 is 0 Å². The van der Waals surface area contributed by atoms with Crippen molar-refractivity contribution in [2.24, 2.45) is 0 Å². The van der Waals surface area contributed by atoms with Crippen LogP contribution in [0.25, 0.3) is 5.57 Å². The average Bonchev–Trinajstić information content (AvgIpc) is 3.02. The molecule has 0 atom stereocenters. The smallest absolute Gasteiger partial charge is 0.282 e. The van der Waals surface area contributed by atoms with E-state index in [9.17, 15) is 9.59 Å². The topological polar surface area (TPSA) is 58.6 Å². The fraction of sp³-hybridized carbons (Fsp3) is 0.185. The van der Waals surface area contributed by atoms with Crippen LogP contribution in [-0.2, 0) is 9.59 Å². The summed E-state index contributed by atoms with van der Waals surface area (Å²) in [6.07, 6.45) is 0.901. The zero-order chi connectivity index (χ0) is 22.7. The molecule has 0 aromatic heterocycles. The van der Waals surface area contributed by atoms with Crippen LogP contribution in [0.2, 0.25) is 0 Å². The van der Waals surface area contributed by atoms with Gasteiger partial charge in [-0.15, -0.1) is 0 Å². The highest BCUT2D eigenvalue weighted by Crippen LogP contribution is 2.35. The molecule has 0 bridgehead atoms. The summed E-state index contributed by atoms with van der Waals surface area (Å²) in [5.74, 6) is -0.00713. The molecular weight excluding hydrogens is 400 g/mol. The second-order valence-corrected chi connectivity index (χ2v) is 7.85. The van der Waals surface area contributed by atoms with Crippen LogP contribution >= 0.6 is 0 Å². The third-order valence-corrected chi connectivity index (χ3v) is 5.33. The van der Waals surface area contributed by atoms with E-state index in [4.69, 9.17) is 4.74 Å². The Morgan fingerprint density at radius 3 is 2.38 bits per heavy atom. The summed E-state index contributed by atoms with van der Waals surface area (Å²) >= 11 is 0. The van der Waals surface area contributed by atoms with Crippen LogP contribution in [0.5, 0.6) is 5.75 Å². The van der Waals surface area contributed by atoms with Crippen molar-refractivity contribution in [2.45, 2.75) is 27.2 Å². The first-order valence-electron chi connectivity index (χ1n) is 10.7. The lowest BCUT2D eigenvalue weighted by Crippen LogP contribution is -2.32. The van der Waals surface area contributed by atoms with E-state index in [0.717, 1.165) is 23.1 Å². The number of ether oxygens (including phenoxy) is 1. The maximum atomic E-state index is 13.5. The van der Waals surface area contributed by atoms with Crippen LogP contribution in [0.15, 0.2) is 78.5 Å². The fourth-order valence-corrected chi connectivity index (χ4v) is 3.83. The Labute approximate surface area is 188 Å². The van der Waals surface area contributed by atoms with Crippen molar-refractivity contribution in [3.05, 3.63) is 95.2 Å². The molecular formula is C27H26N2O3. The Hall–Kier alpha value is -3.86. The van der Waals surface area contributed by atoms with E-state index in [1.165, 1.54) is 4.90 Å². The van der Waals surface area contributed by atoms with E-state index in [2.05, 4.69) is 5.32 Å². The molecule has 0 aliphatic carbocycles. The van der Waals surface area contributed by atoms with Gasteiger partial charge in [0.25, 0.3) is 11.8 Å². The lowest BCUT2D eigenvalue weighted by Gasteiger charge is -2.15. The zero-order valence-corrected chi connectivity index (χ0v) is 18.5. The lowest BCUT2D eigenvalue weighted by atomic mass is 9.97. The van der Waals surface area contributed by atoms with Crippen LogP contribution < -0.4 is 15.0 Å². The molecule has 0 saturated heterocycles. The Morgan fingerprint density at radius 1 is 0.875 bits per heavy atom. The molecule has 32 heavy (non-hydrogen) atoms. The van der Waals surface area contributed by atoms with E-state index in [-0.39, 0.29) is 17.5 Å². The van der Waals surface area contributed by atoms with Crippen molar-refractivity contribution in [1.82, 2.24) is 0 Å². The van der Waals surface area contributed by atoms with Gasteiger partial charge in [-0.2, -0.15) is 0 Å². The monoisotopic (exact) mass is 426 g/mol. The lowest BCUT2D eigenvalue weighted by molar-refractivity contribution is -0.120. The number of imide groups is 1. The van der Waals surface area contributed by atoms with Gasteiger partial charge in [-0.3, -0.25) is 9.59 Å². The molecule has 3 aromatic carbocycles. The number of para-hydroxylation sites is 1. The van der Waals surface area contributed by atoms with Gasteiger partial charge in [0.15, 0.2) is 0 Å². The van der Waals surface area contributed by atoms with Crippen LogP contribution in [0.3, 0.4) is 0 Å². The number of hydrogen-bond donors (Lipinski definition) is 1. The number of nitrogens with zero attached hydrogens (tertiary/aromatic N) is 1. The van der Waals surface area contributed by atoms with Gasteiger partial charge in [0, 0.05) is 11.8 Å². The highest BCUT2D eigenvalue weighted by molar-refractivity contribution is 6.46. The van der Waals surface area contributed by atoms with Gasteiger partial charge in [-0.25, -0.2) is 4.90 Å². The minimum absolute atomic E-state index is 0.262. The molecule has 0 spiro atoms. The molecule has 1 aliphatic heterocycles.